The number of hydrogen-bond acceptors (Lipinski definition) is 4. The van der Waals surface area contributed by atoms with Crippen molar-refractivity contribution in [1.82, 2.24) is 14.8 Å². The molecule has 1 aromatic rings. The summed E-state index contributed by atoms with van der Waals surface area (Å²) in [4.78, 5) is 25.8. The van der Waals surface area contributed by atoms with Gasteiger partial charge in [0.2, 0.25) is 5.91 Å². The van der Waals surface area contributed by atoms with Crippen molar-refractivity contribution >= 4 is 17.2 Å². The number of likely N-dealkylation sites (N-methyl/N-ethyl adjacent to an activating group) is 1. The number of rotatable bonds is 6. The number of carbonyl (C=O) groups is 1. The summed E-state index contributed by atoms with van der Waals surface area (Å²) in [5.41, 5.74) is 0.931. The van der Waals surface area contributed by atoms with Crippen molar-refractivity contribution < 1.29 is 4.79 Å². The molecule has 1 aromatic heterocycles. The van der Waals surface area contributed by atoms with E-state index in [0.29, 0.717) is 19.0 Å². The highest BCUT2D eigenvalue weighted by molar-refractivity contribution is 7.07. The first-order valence-electron chi connectivity index (χ1n) is 7.27. The molecule has 112 valence electrons. The molecule has 1 amide bonds. The molecule has 0 saturated carbocycles. The number of amides is 1. The minimum atomic E-state index is 0.0169. The average Bonchev–Trinajstić information content (AvgIpc) is 3.01. The van der Waals surface area contributed by atoms with E-state index in [1.807, 2.05) is 12.3 Å². The molecule has 0 spiro atoms. The fraction of sp³-hybridized carbons (Fsp3) is 0.714. The highest BCUT2D eigenvalue weighted by Crippen LogP contribution is 2.15. The molecule has 20 heavy (non-hydrogen) atoms. The summed E-state index contributed by atoms with van der Waals surface area (Å²) in [7, 11) is 0. The van der Waals surface area contributed by atoms with Gasteiger partial charge < -0.3 is 9.88 Å². The molecule has 0 aliphatic carbocycles. The largest absolute Gasteiger partial charge is 0.354 e. The van der Waals surface area contributed by atoms with Crippen LogP contribution in [0.25, 0.3) is 0 Å². The summed E-state index contributed by atoms with van der Waals surface area (Å²) >= 11 is 1.19. The van der Waals surface area contributed by atoms with Crippen molar-refractivity contribution in [2.45, 2.75) is 45.7 Å². The van der Waals surface area contributed by atoms with Crippen LogP contribution < -0.4 is 10.2 Å². The number of aromatic nitrogens is 1. The second-order valence-corrected chi connectivity index (χ2v) is 6.09. The Morgan fingerprint density at radius 1 is 1.55 bits per heavy atom. The van der Waals surface area contributed by atoms with E-state index >= 15 is 0 Å². The summed E-state index contributed by atoms with van der Waals surface area (Å²) in [5, 5.41) is 4.83. The molecule has 0 bridgehead atoms. The number of nitrogens with one attached hydrogen (secondary N) is 1. The van der Waals surface area contributed by atoms with Crippen LogP contribution in [-0.4, -0.2) is 41.1 Å². The predicted molar refractivity (Wildman–Crippen MR) is 81.2 cm³/mol. The molecule has 5 nitrogen and oxygen atoms in total. The van der Waals surface area contributed by atoms with Crippen LogP contribution in [0.3, 0.4) is 0 Å². The maximum atomic E-state index is 11.9. The van der Waals surface area contributed by atoms with Crippen LogP contribution >= 0.6 is 11.3 Å². The Hall–Kier alpha value is -1.14. The number of aryl methyl sites for hydroxylation is 1. The number of thiazole rings is 1. The lowest BCUT2D eigenvalue weighted by Gasteiger charge is -2.22. The summed E-state index contributed by atoms with van der Waals surface area (Å²) in [5.74, 6) is 0.0328. The van der Waals surface area contributed by atoms with Crippen LogP contribution in [0.2, 0.25) is 0 Å². The van der Waals surface area contributed by atoms with Gasteiger partial charge in [-0.1, -0.05) is 18.3 Å². The zero-order chi connectivity index (χ0) is 14.5. The molecule has 2 rings (SSSR count). The van der Waals surface area contributed by atoms with Gasteiger partial charge in [0.1, 0.15) is 0 Å². The molecule has 1 N–H and O–H groups in total. The standard InChI is InChI=1S/C14H23N3O2S/c1-3-16-7-4-5-12(16)9-15-13(18)6-8-17-11(2)10-20-14(17)19/h10,12H,3-9H2,1-2H3,(H,15,18). The van der Waals surface area contributed by atoms with Crippen LogP contribution in [0, 0.1) is 6.92 Å². The van der Waals surface area contributed by atoms with E-state index < -0.39 is 0 Å². The van der Waals surface area contributed by atoms with Crippen molar-refractivity contribution in [3.05, 3.63) is 20.7 Å². The summed E-state index contributed by atoms with van der Waals surface area (Å²) < 4.78 is 1.66. The van der Waals surface area contributed by atoms with Crippen LogP contribution in [-0.2, 0) is 11.3 Å². The summed E-state index contributed by atoms with van der Waals surface area (Å²) in [6, 6.07) is 0.481. The molecule has 0 radical (unpaired) electrons. The van der Waals surface area contributed by atoms with Crippen molar-refractivity contribution in [1.29, 1.82) is 0 Å². The molecule has 1 fully saturated rings. The molecule has 1 unspecified atom stereocenters. The number of carbonyl (C=O) groups excluding carboxylic acids is 1. The smallest absolute Gasteiger partial charge is 0.307 e. The van der Waals surface area contributed by atoms with Crippen LogP contribution in [0.4, 0.5) is 0 Å². The third-order valence-electron chi connectivity index (χ3n) is 3.98. The third kappa shape index (κ3) is 3.70. The van der Waals surface area contributed by atoms with Gasteiger partial charge in [0.05, 0.1) is 0 Å². The lowest BCUT2D eigenvalue weighted by atomic mass is 10.2. The Labute approximate surface area is 123 Å². The number of likely N-dealkylation sites (tertiary alicyclic amines) is 1. The van der Waals surface area contributed by atoms with E-state index in [2.05, 4.69) is 17.1 Å². The van der Waals surface area contributed by atoms with E-state index in [1.165, 1.54) is 17.8 Å². The molecule has 6 heteroatoms. The zero-order valence-electron chi connectivity index (χ0n) is 12.2. The summed E-state index contributed by atoms with van der Waals surface area (Å²) in [6.45, 7) is 7.44. The maximum absolute atomic E-state index is 11.9. The lowest BCUT2D eigenvalue weighted by Crippen LogP contribution is -2.40. The minimum Gasteiger partial charge on any atom is -0.354 e. The topological polar surface area (TPSA) is 54.3 Å². The predicted octanol–water partition coefficient (Wildman–Crippen LogP) is 1.21. The van der Waals surface area contributed by atoms with Crippen molar-refractivity contribution in [2.24, 2.45) is 0 Å². The molecule has 1 aliphatic heterocycles. The second-order valence-electron chi connectivity index (χ2n) is 5.27. The summed E-state index contributed by atoms with van der Waals surface area (Å²) in [6.07, 6.45) is 2.76. The van der Waals surface area contributed by atoms with Gasteiger partial charge in [0, 0.05) is 36.6 Å². The first kappa shape index (κ1) is 15.3. The van der Waals surface area contributed by atoms with E-state index in [1.54, 1.807) is 4.57 Å². The maximum Gasteiger partial charge on any atom is 0.307 e. The Kier molecular flexibility index (Phi) is 5.37. The average molecular weight is 297 g/mol. The SMILES string of the molecule is CCN1CCCC1CNC(=O)CCn1c(C)csc1=O. The Balaban J connectivity index is 1.75. The van der Waals surface area contributed by atoms with Crippen LogP contribution in [0.15, 0.2) is 10.2 Å². The van der Waals surface area contributed by atoms with Gasteiger partial charge in [-0.2, -0.15) is 0 Å². The van der Waals surface area contributed by atoms with Crippen LogP contribution in [0.1, 0.15) is 31.9 Å². The Morgan fingerprint density at radius 3 is 3.00 bits per heavy atom. The molecule has 2 heterocycles. The molecule has 0 aromatic carbocycles. The molecule has 1 aliphatic rings. The Bertz CT molecular complexity index is 509. The third-order valence-corrected chi connectivity index (χ3v) is 4.86. The van der Waals surface area contributed by atoms with Gasteiger partial charge in [0.25, 0.3) is 0 Å². The van der Waals surface area contributed by atoms with Gasteiger partial charge >= 0.3 is 4.87 Å². The van der Waals surface area contributed by atoms with E-state index in [9.17, 15) is 9.59 Å². The zero-order valence-corrected chi connectivity index (χ0v) is 13.0. The lowest BCUT2D eigenvalue weighted by molar-refractivity contribution is -0.121. The number of nitrogens with zero attached hydrogens (tertiary/aromatic N) is 2. The fourth-order valence-electron chi connectivity index (χ4n) is 2.75. The monoisotopic (exact) mass is 297 g/mol. The quantitative estimate of drug-likeness (QED) is 0.858. The molecule has 1 atom stereocenters. The number of hydrogen-bond donors (Lipinski definition) is 1. The highest BCUT2D eigenvalue weighted by Gasteiger charge is 2.22. The van der Waals surface area contributed by atoms with Crippen molar-refractivity contribution in [3.63, 3.8) is 0 Å². The van der Waals surface area contributed by atoms with Crippen molar-refractivity contribution in [2.75, 3.05) is 19.6 Å². The van der Waals surface area contributed by atoms with Gasteiger partial charge in [-0.05, 0) is 32.9 Å². The second kappa shape index (κ2) is 7.04. The fourth-order valence-corrected chi connectivity index (χ4v) is 3.51. The van der Waals surface area contributed by atoms with E-state index in [4.69, 9.17) is 0 Å². The van der Waals surface area contributed by atoms with E-state index in [-0.39, 0.29) is 10.8 Å². The highest BCUT2D eigenvalue weighted by atomic mass is 32.1. The normalized spacial score (nSPS) is 19.4. The first-order valence-corrected chi connectivity index (χ1v) is 8.15. The molecule has 1 saturated heterocycles. The first-order chi connectivity index (χ1) is 9.61. The van der Waals surface area contributed by atoms with Gasteiger partial charge in [-0.15, -0.1) is 0 Å². The van der Waals surface area contributed by atoms with Gasteiger partial charge in [0.15, 0.2) is 0 Å². The van der Waals surface area contributed by atoms with Gasteiger partial charge in [-0.25, -0.2) is 0 Å². The van der Waals surface area contributed by atoms with Crippen molar-refractivity contribution in [3.8, 4) is 0 Å². The minimum absolute atomic E-state index is 0.0169. The van der Waals surface area contributed by atoms with Gasteiger partial charge in [-0.3, -0.25) is 14.5 Å². The van der Waals surface area contributed by atoms with Crippen LogP contribution in [0.5, 0.6) is 0 Å². The van der Waals surface area contributed by atoms with E-state index in [0.717, 1.165) is 31.7 Å². The molecular formula is C14H23N3O2S. The Morgan fingerprint density at radius 2 is 2.35 bits per heavy atom. The molecular weight excluding hydrogens is 274 g/mol.